The number of ether oxygens (including phenoxy) is 12. The molecule has 7 fully saturated rings. The predicted octanol–water partition coefficient (Wildman–Crippen LogP) is 5.56. The van der Waals surface area contributed by atoms with E-state index in [9.17, 15) is 43.2 Å². The second-order valence-corrected chi connectivity index (χ2v) is 28.0. The highest BCUT2D eigenvalue weighted by Crippen LogP contribution is 2.31. The number of rotatable bonds is 14. The van der Waals surface area contributed by atoms with Crippen LogP contribution >= 0.6 is 0 Å². The molecular weight excluding hydrogens is 1500 g/mol. The summed E-state index contributed by atoms with van der Waals surface area (Å²) in [5.41, 5.74) is 11.4. The molecule has 6 aliphatic heterocycles. The molecule has 13 atom stereocenters. The lowest BCUT2D eigenvalue weighted by atomic mass is 9.92. The second-order valence-electron chi connectivity index (χ2n) is 28.0. The molecule has 6 saturated heterocycles. The Morgan fingerprint density at radius 3 is 1.01 bits per heavy atom. The summed E-state index contributed by atoms with van der Waals surface area (Å²) < 4.78 is 62.0. The molecule has 0 amide bonds. The minimum atomic E-state index is -0.482. The van der Waals surface area contributed by atoms with Gasteiger partial charge >= 0.3 is 41.6 Å². The van der Waals surface area contributed by atoms with Gasteiger partial charge in [-0.3, -0.25) is 38.3 Å². The highest BCUT2D eigenvalue weighted by atomic mass is 16.7. The van der Waals surface area contributed by atoms with Crippen molar-refractivity contribution in [3.05, 3.63) is 45.5 Å². The Morgan fingerprint density at radius 1 is 0.465 bits per heavy atom. The van der Waals surface area contributed by atoms with Gasteiger partial charge in [0.05, 0.1) is 87.2 Å². The molecule has 1 saturated carbocycles. The number of esters is 6. The van der Waals surface area contributed by atoms with Crippen LogP contribution in [0, 0.1) is 5.41 Å². The van der Waals surface area contributed by atoms with Gasteiger partial charge in [-0.1, -0.05) is 92.5 Å². The number of carbonyl (C=O) groups is 8. The lowest BCUT2D eigenvalue weighted by Crippen LogP contribution is -2.31. The number of nitrogens with two attached hydrogens (primary N) is 2. The van der Waals surface area contributed by atoms with Gasteiger partial charge in [-0.2, -0.15) is 26.1 Å². The summed E-state index contributed by atoms with van der Waals surface area (Å²) in [7, 11) is 0. The van der Waals surface area contributed by atoms with Gasteiger partial charge in [0.15, 0.2) is 74.2 Å². The van der Waals surface area contributed by atoms with Crippen molar-refractivity contribution >= 4 is 47.4 Å². The van der Waals surface area contributed by atoms with Crippen LogP contribution in [-0.4, -0.2) is 237 Å². The number of nitrogens with zero attached hydrogens (tertiary/aromatic N) is 16. The standard InChI is InChI=1S/C7H12N2O2.2C6H11N5O.C6H10N4.3C6H10O3.2C5H10N4.3C5H8O3.H2/c1-7(2,3)4-5-8-6(10)11-9-5;2*1-4(12)2-3-5(7)6-8-10-11-9-6;1-2-4-5(3-1)6-7-9-10-8-6;3*1-4-3-6(7)9-5(2)8-4;2*1-3-4(2)5-6-8-9-7-5;3*1-4-2-5(6)8-3-7-4;/h4H2,1-3H3,(H,8,9,10);2*5H,2-3,7H2,1H3,(H,8,9,10,11);5H,1-4H2,(H,7,8,9,10);3*4-5H,3H2,1-2H3;2*4H,3H2,1-2H3,(H,6,7,8,9);3*4H,2-3H2,1H3;1H/t;5-;;;;;;;;;;;/m.0.........../s1. The van der Waals surface area contributed by atoms with E-state index < -0.39 is 5.76 Å². The molecule has 7 aliphatic rings. The van der Waals surface area contributed by atoms with E-state index in [2.05, 4.69) is 180 Å². The third-order valence-corrected chi connectivity index (χ3v) is 15.7. The SMILES string of the molecule is C1CCC(c2nn[nH]n2)C1.CC(=O)CCC(N)c1nn[nH]n1.CC(=O)CC[C@H](N)c1nn[nH]n1.CC(C)(C)Cc1noc(=O)[nH]1.CC1CC(=O)OC(C)O1.CC1CC(=O)OC(C)O1.CC1CC(=O)OC(C)O1.CC1CC(=O)OCO1.CC1CC(=O)OCO1.CC1CC(=O)OCO1.CCC(C)c1nn[nH]n1.CCC(C)c1nn[nH]n1.[HH]. The monoisotopic (exact) mass is 1620 g/mol. The van der Waals surface area contributed by atoms with Crippen molar-refractivity contribution in [3.63, 3.8) is 0 Å². The van der Waals surface area contributed by atoms with Gasteiger partial charge in [-0.25, -0.2) is 4.79 Å². The van der Waals surface area contributed by atoms with E-state index in [1.807, 2.05) is 41.5 Å². The van der Waals surface area contributed by atoms with E-state index in [0.29, 0.717) is 99.4 Å². The van der Waals surface area contributed by atoms with Crippen molar-refractivity contribution in [2.75, 3.05) is 20.4 Å². The molecule has 6 aromatic heterocycles. The Labute approximate surface area is 661 Å². The Hall–Kier alpha value is -9.87. The minimum Gasteiger partial charge on any atom is -0.438 e. The van der Waals surface area contributed by atoms with Crippen LogP contribution < -0.4 is 17.2 Å². The number of hydrogen-bond donors (Lipinski definition) is 8. The Bertz CT molecular complexity index is 3340. The summed E-state index contributed by atoms with van der Waals surface area (Å²) in [5, 5.41) is 70.8. The molecule has 1 aliphatic carbocycles. The van der Waals surface area contributed by atoms with Crippen LogP contribution in [0.25, 0.3) is 0 Å². The number of tetrazole rings is 5. The summed E-state index contributed by atoms with van der Waals surface area (Å²) >= 11 is 0. The Balaban J connectivity index is 0.000000628. The number of aromatic nitrogens is 22. The molecule has 12 unspecified atom stereocenters. The molecule has 644 valence electrons. The average molecular weight is 1630 g/mol. The topological polar surface area (TPSA) is 631 Å². The lowest BCUT2D eigenvalue weighted by Gasteiger charge is -2.24. The van der Waals surface area contributed by atoms with E-state index in [1.54, 1.807) is 20.8 Å². The summed E-state index contributed by atoms with van der Waals surface area (Å²) in [6.07, 6.45) is 11.4. The Morgan fingerprint density at radius 2 is 0.781 bits per heavy atom. The highest BCUT2D eigenvalue weighted by molar-refractivity contribution is 5.76. The fraction of sp³-hybridized carbons (Fsp3) is 0.779. The fourth-order valence-corrected chi connectivity index (χ4v) is 9.43. The molecule has 13 rings (SSSR count). The van der Waals surface area contributed by atoms with Crippen LogP contribution in [0.1, 0.15) is 294 Å². The minimum absolute atomic E-state index is 0. The maximum Gasteiger partial charge on any atom is 0.438 e. The fourth-order valence-electron chi connectivity index (χ4n) is 9.43. The maximum atomic E-state index is 10.6. The van der Waals surface area contributed by atoms with Gasteiger partial charge in [0.2, 0.25) is 0 Å². The van der Waals surface area contributed by atoms with Crippen LogP contribution in [0.2, 0.25) is 0 Å². The summed E-state index contributed by atoms with van der Waals surface area (Å²) in [6, 6.07) is -0.597. The predicted molar refractivity (Wildman–Crippen MR) is 396 cm³/mol. The molecule has 0 bridgehead atoms. The first-order valence-electron chi connectivity index (χ1n) is 37.5. The van der Waals surface area contributed by atoms with Crippen LogP contribution in [0.15, 0.2) is 9.32 Å². The molecule has 12 heterocycles. The number of nitrogens with one attached hydrogen (secondary N) is 6. The lowest BCUT2D eigenvalue weighted by molar-refractivity contribution is -0.207. The first-order valence-corrected chi connectivity index (χ1v) is 37.5. The van der Waals surface area contributed by atoms with Crippen LogP contribution in [0.4, 0.5) is 0 Å². The number of Topliss-reactive ketones (excluding diaryl/α,β-unsaturated/α-hetero) is 2. The zero-order chi connectivity index (χ0) is 85.1. The number of aromatic amines is 6. The van der Waals surface area contributed by atoms with E-state index >= 15 is 0 Å². The second kappa shape index (κ2) is 56.4. The van der Waals surface area contributed by atoms with Crippen molar-refractivity contribution in [1.82, 2.24) is 113 Å². The molecule has 0 spiro atoms. The average Bonchev–Trinajstić information content (AvgIpc) is 1.88. The summed E-state index contributed by atoms with van der Waals surface area (Å²) in [4.78, 5) is 97.0. The normalized spacial score (nSPS) is 22.5. The van der Waals surface area contributed by atoms with Gasteiger partial charge < -0.3 is 77.9 Å². The smallest absolute Gasteiger partial charge is 0.438 e. The number of cyclic esters (lactones) is 6. The first kappa shape index (κ1) is 100. The van der Waals surface area contributed by atoms with E-state index in [-0.39, 0.29) is 142 Å². The van der Waals surface area contributed by atoms with Gasteiger partial charge in [0.25, 0.3) is 0 Å². The zero-order valence-electron chi connectivity index (χ0n) is 68.5. The molecule has 46 nitrogen and oxygen atoms in total. The van der Waals surface area contributed by atoms with Gasteiger partial charge in [0, 0.05) is 38.4 Å². The van der Waals surface area contributed by atoms with Gasteiger partial charge in [0.1, 0.15) is 11.6 Å². The molecule has 46 heteroatoms. The van der Waals surface area contributed by atoms with E-state index in [1.165, 1.54) is 39.5 Å². The number of carbonyl (C=O) groups excluding carboxylic acids is 8. The quantitative estimate of drug-likeness (QED) is 0.0488. The number of H-pyrrole nitrogens is 6. The highest BCUT2D eigenvalue weighted by Gasteiger charge is 2.26. The molecule has 0 aromatic carbocycles. The summed E-state index contributed by atoms with van der Waals surface area (Å²) in [5.74, 6) is 4.22. The number of ketones is 2. The molecule has 10 N–H and O–H groups in total. The number of hydrogen-bond acceptors (Lipinski definition) is 40. The van der Waals surface area contributed by atoms with Gasteiger partial charge in [-0.05, 0) is 120 Å². The first-order chi connectivity index (χ1) is 53.9. The van der Waals surface area contributed by atoms with Crippen molar-refractivity contribution in [2.24, 2.45) is 16.9 Å². The van der Waals surface area contributed by atoms with Crippen LogP contribution in [-0.2, 0) is 102 Å². The molecular formula is C68H120N24O22. The maximum absolute atomic E-state index is 10.6. The van der Waals surface area contributed by atoms with Gasteiger partial charge in [-0.15, -0.1) is 51.0 Å². The molecule has 0 radical (unpaired) electrons. The van der Waals surface area contributed by atoms with Crippen molar-refractivity contribution in [1.29, 1.82) is 0 Å². The molecule has 114 heavy (non-hydrogen) atoms. The summed E-state index contributed by atoms with van der Waals surface area (Å²) in [6.45, 7) is 34.3. The third kappa shape index (κ3) is 48.9. The molecule has 6 aromatic rings. The van der Waals surface area contributed by atoms with Crippen molar-refractivity contribution < 1.29 is 101 Å². The Kier molecular flexibility index (Phi) is 49.6. The largest absolute Gasteiger partial charge is 0.438 e. The third-order valence-electron chi connectivity index (χ3n) is 15.7. The van der Waals surface area contributed by atoms with Crippen LogP contribution in [0.3, 0.4) is 0 Å². The van der Waals surface area contributed by atoms with Crippen LogP contribution in [0.5, 0.6) is 0 Å². The van der Waals surface area contributed by atoms with E-state index in [4.69, 9.17) is 54.1 Å². The van der Waals surface area contributed by atoms with E-state index in [0.717, 1.165) is 36.7 Å². The van der Waals surface area contributed by atoms with Crippen molar-refractivity contribution in [2.45, 2.75) is 319 Å². The zero-order valence-corrected chi connectivity index (χ0v) is 68.5. The van der Waals surface area contributed by atoms with Crippen molar-refractivity contribution in [3.8, 4) is 0 Å².